The third-order valence-corrected chi connectivity index (χ3v) is 5.80. The van der Waals surface area contributed by atoms with Crippen LogP contribution in [0.1, 0.15) is 37.9 Å². The number of fused-ring (bicyclic) bond motifs is 1. The third kappa shape index (κ3) is 3.82. The standard InChI is InChI=1S/C19H28N6O/c1-14-21-18-5-4-17(13-25(18)23-14)22-19(26)24-11-7-16(8-12-24)15-3-2-9-20-10-6-15/h4-5,13,15-16,20H,2-3,6-12H2,1H3,(H,22,26). The van der Waals surface area contributed by atoms with Crippen molar-refractivity contribution in [2.45, 2.75) is 39.0 Å². The van der Waals surface area contributed by atoms with Crippen molar-refractivity contribution in [1.82, 2.24) is 24.8 Å². The average molecular weight is 356 g/mol. The summed E-state index contributed by atoms with van der Waals surface area (Å²) in [6.07, 6.45) is 7.97. The number of anilines is 1. The van der Waals surface area contributed by atoms with Crippen molar-refractivity contribution in [1.29, 1.82) is 0 Å². The van der Waals surface area contributed by atoms with Gasteiger partial charge in [0.15, 0.2) is 5.65 Å². The van der Waals surface area contributed by atoms with Gasteiger partial charge in [0.25, 0.3) is 0 Å². The van der Waals surface area contributed by atoms with Gasteiger partial charge in [-0.2, -0.15) is 5.10 Å². The number of aryl methyl sites for hydroxylation is 1. The monoisotopic (exact) mass is 356 g/mol. The lowest BCUT2D eigenvalue weighted by Gasteiger charge is -2.35. The number of likely N-dealkylation sites (tertiary alicyclic amines) is 1. The van der Waals surface area contributed by atoms with Crippen molar-refractivity contribution in [3.05, 3.63) is 24.2 Å². The molecular formula is C19H28N6O. The lowest BCUT2D eigenvalue weighted by atomic mass is 9.80. The van der Waals surface area contributed by atoms with Gasteiger partial charge < -0.3 is 15.5 Å². The number of carbonyl (C=O) groups excluding carboxylic acids is 1. The summed E-state index contributed by atoms with van der Waals surface area (Å²) in [7, 11) is 0. The van der Waals surface area contributed by atoms with Crippen molar-refractivity contribution in [2.24, 2.45) is 11.8 Å². The summed E-state index contributed by atoms with van der Waals surface area (Å²) in [4.78, 5) is 18.9. The molecule has 0 radical (unpaired) electrons. The lowest BCUT2D eigenvalue weighted by molar-refractivity contribution is 0.153. The van der Waals surface area contributed by atoms with E-state index in [0.29, 0.717) is 0 Å². The second-order valence-electron chi connectivity index (χ2n) is 7.58. The molecule has 4 rings (SSSR count). The predicted molar refractivity (Wildman–Crippen MR) is 101 cm³/mol. The van der Waals surface area contributed by atoms with E-state index in [-0.39, 0.29) is 6.03 Å². The summed E-state index contributed by atoms with van der Waals surface area (Å²) in [5, 5.41) is 10.8. The van der Waals surface area contributed by atoms with E-state index in [2.05, 4.69) is 20.7 Å². The topological polar surface area (TPSA) is 74.6 Å². The first-order valence-corrected chi connectivity index (χ1v) is 9.79. The number of nitrogens with one attached hydrogen (secondary N) is 2. The smallest absolute Gasteiger partial charge is 0.321 e. The van der Waals surface area contributed by atoms with Crippen LogP contribution in [0.2, 0.25) is 0 Å². The van der Waals surface area contributed by atoms with Gasteiger partial charge in [0.05, 0.1) is 11.9 Å². The summed E-state index contributed by atoms with van der Waals surface area (Å²) >= 11 is 0. The van der Waals surface area contributed by atoms with Crippen LogP contribution in [0, 0.1) is 18.8 Å². The second-order valence-corrected chi connectivity index (χ2v) is 7.58. The quantitative estimate of drug-likeness (QED) is 0.867. The molecule has 1 unspecified atom stereocenters. The van der Waals surface area contributed by atoms with Gasteiger partial charge in [-0.05, 0) is 76.1 Å². The molecule has 26 heavy (non-hydrogen) atoms. The van der Waals surface area contributed by atoms with Gasteiger partial charge in [0.1, 0.15) is 5.82 Å². The van der Waals surface area contributed by atoms with Crippen LogP contribution >= 0.6 is 0 Å². The summed E-state index contributed by atoms with van der Waals surface area (Å²) in [6, 6.07) is 3.75. The van der Waals surface area contributed by atoms with Gasteiger partial charge in [0.2, 0.25) is 0 Å². The molecule has 0 aliphatic carbocycles. The molecule has 7 nitrogen and oxygen atoms in total. The van der Waals surface area contributed by atoms with Crippen LogP contribution in [0.15, 0.2) is 18.3 Å². The summed E-state index contributed by atoms with van der Waals surface area (Å²) < 4.78 is 1.71. The Hall–Kier alpha value is -2.15. The van der Waals surface area contributed by atoms with E-state index in [0.717, 1.165) is 68.0 Å². The van der Waals surface area contributed by atoms with Gasteiger partial charge in [-0.3, -0.25) is 0 Å². The Bertz CT molecular complexity index is 756. The van der Waals surface area contributed by atoms with Crippen molar-refractivity contribution in [3.8, 4) is 0 Å². The molecule has 0 aromatic carbocycles. The normalized spacial score (nSPS) is 22.3. The minimum atomic E-state index is -0.0119. The Balaban J connectivity index is 1.32. The maximum Gasteiger partial charge on any atom is 0.321 e. The highest BCUT2D eigenvalue weighted by Crippen LogP contribution is 2.31. The Labute approximate surface area is 154 Å². The molecule has 0 bridgehead atoms. The fourth-order valence-electron chi connectivity index (χ4n) is 4.36. The van der Waals surface area contributed by atoms with Crippen LogP contribution in [0.5, 0.6) is 0 Å². The molecule has 2 N–H and O–H groups in total. The molecule has 2 aliphatic heterocycles. The summed E-state index contributed by atoms with van der Waals surface area (Å²) in [5.74, 6) is 2.32. The van der Waals surface area contributed by atoms with Crippen molar-refractivity contribution >= 4 is 17.4 Å². The van der Waals surface area contributed by atoms with Crippen LogP contribution in [0.4, 0.5) is 10.5 Å². The SMILES string of the molecule is Cc1nc2ccc(NC(=O)N3CCC(C4CCCNCC4)CC3)cn2n1. The predicted octanol–water partition coefficient (Wildman–Crippen LogP) is 2.67. The van der Waals surface area contributed by atoms with Crippen molar-refractivity contribution in [3.63, 3.8) is 0 Å². The molecule has 140 valence electrons. The number of hydrogen-bond donors (Lipinski definition) is 2. The molecule has 2 aromatic rings. The highest BCUT2D eigenvalue weighted by Gasteiger charge is 2.28. The van der Waals surface area contributed by atoms with E-state index in [4.69, 9.17) is 0 Å². The number of hydrogen-bond acceptors (Lipinski definition) is 4. The van der Waals surface area contributed by atoms with E-state index in [1.54, 1.807) is 4.52 Å². The van der Waals surface area contributed by atoms with E-state index in [1.807, 2.05) is 30.2 Å². The molecule has 2 aromatic heterocycles. The zero-order valence-corrected chi connectivity index (χ0v) is 15.4. The number of urea groups is 1. The molecule has 4 heterocycles. The number of amides is 2. The van der Waals surface area contributed by atoms with Crippen molar-refractivity contribution < 1.29 is 4.79 Å². The highest BCUT2D eigenvalue weighted by molar-refractivity contribution is 5.89. The maximum atomic E-state index is 12.6. The molecular weight excluding hydrogens is 328 g/mol. The molecule has 2 aliphatic rings. The van der Waals surface area contributed by atoms with Crippen LogP contribution < -0.4 is 10.6 Å². The number of carbonyl (C=O) groups is 1. The fourth-order valence-corrected chi connectivity index (χ4v) is 4.36. The zero-order chi connectivity index (χ0) is 17.9. The first-order valence-electron chi connectivity index (χ1n) is 9.79. The van der Waals surface area contributed by atoms with Gasteiger partial charge in [0, 0.05) is 13.1 Å². The molecule has 0 spiro atoms. The van der Waals surface area contributed by atoms with E-state index >= 15 is 0 Å². The molecule has 2 saturated heterocycles. The van der Waals surface area contributed by atoms with Crippen LogP contribution in [0.25, 0.3) is 5.65 Å². The van der Waals surface area contributed by atoms with Crippen LogP contribution in [-0.2, 0) is 0 Å². The maximum absolute atomic E-state index is 12.6. The van der Waals surface area contributed by atoms with Crippen molar-refractivity contribution in [2.75, 3.05) is 31.5 Å². The second kappa shape index (κ2) is 7.61. The third-order valence-electron chi connectivity index (χ3n) is 5.80. The minimum absolute atomic E-state index is 0.0119. The fraction of sp³-hybridized carbons (Fsp3) is 0.632. The van der Waals surface area contributed by atoms with Gasteiger partial charge in [-0.1, -0.05) is 0 Å². The molecule has 1 atom stereocenters. The highest BCUT2D eigenvalue weighted by atomic mass is 16.2. The first-order chi connectivity index (χ1) is 12.7. The van der Waals surface area contributed by atoms with E-state index < -0.39 is 0 Å². The Morgan fingerprint density at radius 1 is 1.15 bits per heavy atom. The van der Waals surface area contributed by atoms with Gasteiger partial charge in [-0.15, -0.1) is 0 Å². The average Bonchev–Trinajstić information content (AvgIpc) is 2.84. The van der Waals surface area contributed by atoms with E-state index in [9.17, 15) is 4.79 Å². The largest absolute Gasteiger partial charge is 0.325 e. The minimum Gasteiger partial charge on any atom is -0.325 e. The molecule has 2 fully saturated rings. The number of nitrogens with zero attached hydrogens (tertiary/aromatic N) is 4. The molecule has 2 amide bonds. The van der Waals surface area contributed by atoms with Crippen LogP contribution in [0.3, 0.4) is 0 Å². The zero-order valence-electron chi connectivity index (χ0n) is 15.4. The number of aromatic nitrogens is 3. The van der Waals surface area contributed by atoms with E-state index in [1.165, 1.54) is 19.3 Å². The lowest BCUT2D eigenvalue weighted by Crippen LogP contribution is -2.42. The molecule has 0 saturated carbocycles. The van der Waals surface area contributed by atoms with Gasteiger partial charge >= 0.3 is 6.03 Å². The Morgan fingerprint density at radius 2 is 1.96 bits per heavy atom. The number of pyridine rings is 1. The summed E-state index contributed by atoms with van der Waals surface area (Å²) in [6.45, 7) is 5.87. The number of rotatable bonds is 2. The Kier molecular flexibility index (Phi) is 5.06. The summed E-state index contributed by atoms with van der Waals surface area (Å²) in [5.41, 5.74) is 1.54. The van der Waals surface area contributed by atoms with Crippen LogP contribution in [-0.4, -0.2) is 51.7 Å². The number of piperidine rings is 1. The Morgan fingerprint density at radius 3 is 2.81 bits per heavy atom. The first kappa shape index (κ1) is 17.3. The van der Waals surface area contributed by atoms with Gasteiger partial charge in [-0.25, -0.2) is 14.3 Å². The molecule has 7 heteroatoms.